The van der Waals surface area contributed by atoms with Crippen LogP contribution in [-0.2, 0) is 9.47 Å². The zero-order valence-electron chi connectivity index (χ0n) is 14.4. The van der Waals surface area contributed by atoms with Crippen LogP contribution in [0.15, 0.2) is 52.5 Å². The number of benzene rings is 1. The van der Waals surface area contributed by atoms with Gasteiger partial charge >= 0.3 is 0 Å². The zero-order valence-corrected chi connectivity index (χ0v) is 16.0. The third kappa shape index (κ3) is 5.45. The minimum absolute atomic E-state index is 0.273. The van der Waals surface area contributed by atoms with Gasteiger partial charge < -0.3 is 15.2 Å². The van der Waals surface area contributed by atoms with E-state index < -0.39 is 31.3 Å². The molecule has 1 aromatic rings. The molecule has 0 bridgehead atoms. The molecule has 0 saturated heterocycles. The molecular weight excluding hydrogens is 406 g/mol. The van der Waals surface area contributed by atoms with Crippen LogP contribution in [0.2, 0.25) is 0 Å². The van der Waals surface area contributed by atoms with E-state index in [0.29, 0.717) is 16.5 Å². The van der Waals surface area contributed by atoms with Crippen molar-refractivity contribution in [2.24, 2.45) is 5.73 Å². The van der Waals surface area contributed by atoms with Gasteiger partial charge in [0, 0.05) is 4.48 Å². The third-order valence-corrected chi connectivity index (χ3v) is 4.67. The molecule has 0 aromatic heterocycles. The van der Waals surface area contributed by atoms with Gasteiger partial charge in [-0.05, 0) is 30.6 Å². The van der Waals surface area contributed by atoms with Crippen LogP contribution in [0.1, 0.15) is 25.0 Å². The van der Waals surface area contributed by atoms with E-state index in [1.807, 2.05) is 43.3 Å². The Balaban J connectivity index is 2.14. The van der Waals surface area contributed by atoms with Gasteiger partial charge in [0.2, 0.25) is 0 Å². The van der Waals surface area contributed by atoms with Crippen LogP contribution in [-0.4, -0.2) is 31.3 Å². The summed E-state index contributed by atoms with van der Waals surface area (Å²) >= 11 is 3.32. The molecule has 0 radical (unpaired) electrons. The zero-order chi connectivity index (χ0) is 19.2. The number of nitrogens with zero attached hydrogens (tertiary/aromatic N) is 1. The van der Waals surface area contributed by atoms with Crippen molar-refractivity contribution in [2.75, 3.05) is 13.2 Å². The first-order valence-corrected chi connectivity index (χ1v) is 9.00. The lowest BCUT2D eigenvalue weighted by Gasteiger charge is -2.33. The SMILES string of the molecule is CC(OC1CC=C(Br)C=C1[C@@H](N)C(F)(F)COCC#N)c1ccccc1. The minimum atomic E-state index is -3.31. The molecule has 26 heavy (non-hydrogen) atoms. The minimum Gasteiger partial charge on any atom is -0.366 e. The summed E-state index contributed by atoms with van der Waals surface area (Å²) in [6.07, 6.45) is 3.04. The average molecular weight is 427 g/mol. The second-order valence-corrected chi connectivity index (χ2v) is 6.95. The molecule has 2 N–H and O–H groups in total. The highest BCUT2D eigenvalue weighted by Gasteiger charge is 2.42. The molecule has 1 aliphatic rings. The van der Waals surface area contributed by atoms with E-state index in [1.165, 1.54) is 0 Å². The maximum Gasteiger partial charge on any atom is 0.289 e. The first-order chi connectivity index (χ1) is 12.3. The quantitative estimate of drug-likeness (QED) is 0.631. The summed E-state index contributed by atoms with van der Waals surface area (Å²) in [5, 5.41) is 8.44. The number of alkyl halides is 2. The van der Waals surface area contributed by atoms with Crippen molar-refractivity contribution in [3.8, 4) is 6.07 Å². The molecule has 0 aliphatic heterocycles. The van der Waals surface area contributed by atoms with E-state index in [-0.39, 0.29) is 6.10 Å². The summed E-state index contributed by atoms with van der Waals surface area (Å²) in [6, 6.07) is 9.64. The number of rotatable bonds is 8. The lowest BCUT2D eigenvalue weighted by Crippen LogP contribution is -2.49. The summed E-state index contributed by atoms with van der Waals surface area (Å²) in [4.78, 5) is 0. The Bertz CT molecular complexity index is 701. The van der Waals surface area contributed by atoms with E-state index in [0.717, 1.165) is 5.56 Å². The average Bonchev–Trinajstić information content (AvgIpc) is 2.63. The number of hydrogen-bond donors (Lipinski definition) is 1. The second kappa shape index (κ2) is 9.38. The lowest BCUT2D eigenvalue weighted by atomic mass is 9.91. The number of nitriles is 1. The maximum absolute atomic E-state index is 14.4. The van der Waals surface area contributed by atoms with E-state index in [2.05, 4.69) is 20.7 Å². The fourth-order valence-electron chi connectivity index (χ4n) is 2.71. The van der Waals surface area contributed by atoms with Gasteiger partial charge in [0.05, 0.1) is 24.3 Å². The summed E-state index contributed by atoms with van der Waals surface area (Å²) < 4.78 is 40.2. The van der Waals surface area contributed by atoms with Gasteiger partial charge in [-0.15, -0.1) is 0 Å². The molecule has 0 fully saturated rings. The molecule has 7 heteroatoms. The first kappa shape index (κ1) is 20.7. The first-order valence-electron chi connectivity index (χ1n) is 8.21. The second-order valence-electron chi connectivity index (χ2n) is 6.04. The van der Waals surface area contributed by atoms with Crippen molar-refractivity contribution in [3.63, 3.8) is 0 Å². The summed E-state index contributed by atoms with van der Waals surface area (Å²) in [6.45, 7) is 0.553. The Morgan fingerprint density at radius 2 is 2.08 bits per heavy atom. The van der Waals surface area contributed by atoms with Crippen molar-refractivity contribution in [1.29, 1.82) is 5.26 Å². The molecule has 0 heterocycles. The van der Waals surface area contributed by atoms with Crippen LogP contribution in [0.5, 0.6) is 0 Å². The number of hydrogen-bond acceptors (Lipinski definition) is 4. The van der Waals surface area contributed by atoms with Crippen LogP contribution in [0, 0.1) is 11.3 Å². The molecular formula is C19H21BrF2N2O2. The van der Waals surface area contributed by atoms with Crippen LogP contribution in [0.3, 0.4) is 0 Å². The summed E-state index contributed by atoms with van der Waals surface area (Å²) in [5.41, 5.74) is 7.12. The van der Waals surface area contributed by atoms with Crippen molar-refractivity contribution in [3.05, 3.63) is 58.1 Å². The highest BCUT2D eigenvalue weighted by molar-refractivity contribution is 9.11. The Kier molecular flexibility index (Phi) is 7.47. The van der Waals surface area contributed by atoms with Gasteiger partial charge in [-0.1, -0.05) is 52.3 Å². The van der Waals surface area contributed by atoms with Crippen LogP contribution < -0.4 is 5.73 Å². The Hall–Kier alpha value is -1.59. The van der Waals surface area contributed by atoms with Gasteiger partial charge in [0.1, 0.15) is 13.2 Å². The summed E-state index contributed by atoms with van der Waals surface area (Å²) in [5.74, 6) is -3.31. The fourth-order valence-corrected chi connectivity index (χ4v) is 3.16. The fraction of sp³-hybridized carbons (Fsp3) is 0.421. The van der Waals surface area contributed by atoms with Crippen LogP contribution in [0.25, 0.3) is 0 Å². The van der Waals surface area contributed by atoms with Crippen molar-refractivity contribution in [2.45, 2.75) is 37.5 Å². The van der Waals surface area contributed by atoms with Crippen molar-refractivity contribution in [1.82, 2.24) is 0 Å². The highest BCUT2D eigenvalue weighted by atomic mass is 79.9. The number of allylic oxidation sites excluding steroid dienone is 2. The van der Waals surface area contributed by atoms with Crippen LogP contribution in [0.4, 0.5) is 8.78 Å². The van der Waals surface area contributed by atoms with E-state index in [9.17, 15) is 8.78 Å². The van der Waals surface area contributed by atoms with Gasteiger partial charge in [-0.3, -0.25) is 0 Å². The molecule has 0 amide bonds. The molecule has 1 aliphatic carbocycles. The predicted molar refractivity (Wildman–Crippen MR) is 98.8 cm³/mol. The molecule has 2 unspecified atom stereocenters. The normalized spacial score (nSPS) is 19.9. The van der Waals surface area contributed by atoms with E-state index >= 15 is 0 Å². The molecule has 4 nitrogen and oxygen atoms in total. The molecule has 1 aromatic carbocycles. The highest BCUT2D eigenvalue weighted by Crippen LogP contribution is 2.34. The number of halogens is 3. The molecule has 2 rings (SSSR count). The van der Waals surface area contributed by atoms with Crippen LogP contribution >= 0.6 is 15.9 Å². The predicted octanol–water partition coefficient (Wildman–Crippen LogP) is 4.24. The van der Waals surface area contributed by atoms with Gasteiger partial charge in [-0.2, -0.15) is 5.26 Å². The van der Waals surface area contributed by atoms with Gasteiger partial charge in [-0.25, -0.2) is 8.78 Å². The largest absolute Gasteiger partial charge is 0.366 e. The maximum atomic E-state index is 14.4. The van der Waals surface area contributed by atoms with Crippen molar-refractivity contribution >= 4 is 15.9 Å². The monoisotopic (exact) mass is 426 g/mol. The Morgan fingerprint density at radius 3 is 2.73 bits per heavy atom. The van der Waals surface area contributed by atoms with Crippen molar-refractivity contribution < 1.29 is 18.3 Å². The lowest BCUT2D eigenvalue weighted by molar-refractivity contribution is -0.0873. The molecule has 0 spiro atoms. The molecule has 0 saturated carbocycles. The Morgan fingerprint density at radius 1 is 1.38 bits per heavy atom. The van der Waals surface area contributed by atoms with Gasteiger partial charge in [0.15, 0.2) is 0 Å². The number of nitrogens with two attached hydrogens (primary N) is 1. The summed E-state index contributed by atoms with van der Waals surface area (Å²) in [7, 11) is 0. The molecule has 140 valence electrons. The van der Waals surface area contributed by atoms with E-state index in [4.69, 9.17) is 15.7 Å². The standard InChI is InChI=1S/C19H21BrF2N2O2/c1-13(14-5-3-2-4-6-14)26-17-8-7-15(20)11-16(17)18(24)19(21,22)12-25-10-9-23/h2-7,11,13,17-18H,8,10,12,24H2,1H3/t13?,17?,18-/m1/s1. The van der Waals surface area contributed by atoms with E-state index in [1.54, 1.807) is 12.1 Å². The molecule has 3 atom stereocenters. The third-order valence-electron chi connectivity index (χ3n) is 4.12. The topological polar surface area (TPSA) is 68.3 Å². The van der Waals surface area contributed by atoms with Gasteiger partial charge in [0.25, 0.3) is 5.92 Å². The number of ether oxygens (including phenoxy) is 2. The smallest absolute Gasteiger partial charge is 0.289 e. The Labute approximate surface area is 160 Å².